The zero-order valence-corrected chi connectivity index (χ0v) is 26.9. The lowest BCUT2D eigenvalue weighted by Crippen LogP contribution is -2.65. The smallest absolute Gasteiger partial charge is 0.232 e. The fourth-order valence-corrected chi connectivity index (χ4v) is 9.45. The Kier molecular flexibility index (Phi) is 6.05. The fourth-order valence-electron chi connectivity index (χ4n) is 8.63. The number of alkyl halides is 1. The normalized spacial score (nSPS) is 30.7. The molecule has 6 aliphatic rings. The van der Waals surface area contributed by atoms with Crippen LogP contribution in [-0.4, -0.2) is 38.2 Å². The second kappa shape index (κ2) is 9.41. The van der Waals surface area contributed by atoms with Gasteiger partial charge in [-0.1, -0.05) is 38.1 Å². The lowest BCUT2D eigenvalue weighted by atomic mass is 9.41. The van der Waals surface area contributed by atoms with Crippen LogP contribution in [0.5, 0.6) is 0 Å². The van der Waals surface area contributed by atoms with Crippen molar-refractivity contribution >= 4 is 33.3 Å². The largest absolute Gasteiger partial charge is 0.339 e. The summed E-state index contributed by atoms with van der Waals surface area (Å²) in [5.41, 5.74) is 2.41. The summed E-state index contributed by atoms with van der Waals surface area (Å²) >= 11 is 1.64. The molecule has 0 saturated heterocycles. The molecule has 0 radical (unpaired) electrons. The third kappa shape index (κ3) is 4.60. The molecule has 4 aromatic rings. The maximum atomic E-state index is 14.4. The van der Waals surface area contributed by atoms with Gasteiger partial charge in [-0.05, 0) is 99.3 Å². The Labute approximate surface area is 261 Å². The molecule has 0 spiro atoms. The molecule has 3 aromatic heterocycles. The number of hydrogen-bond acceptors (Lipinski definition) is 7. The van der Waals surface area contributed by atoms with Crippen LogP contribution in [0.25, 0.3) is 21.5 Å². The summed E-state index contributed by atoms with van der Waals surface area (Å²) in [7, 11) is 0. The van der Waals surface area contributed by atoms with E-state index in [9.17, 15) is 9.18 Å². The Balaban J connectivity index is 1.07. The summed E-state index contributed by atoms with van der Waals surface area (Å²) in [5, 5.41) is 5.33. The van der Waals surface area contributed by atoms with Crippen molar-refractivity contribution in [3.05, 3.63) is 53.3 Å². The average Bonchev–Trinajstić information content (AvgIpc) is 3.62. The summed E-state index contributed by atoms with van der Waals surface area (Å²) < 4.78 is 21.4. The highest BCUT2D eigenvalue weighted by Gasteiger charge is 2.69. The minimum Gasteiger partial charge on any atom is -0.339 e. The number of aromatic nitrogens is 4. The second-order valence-electron chi connectivity index (χ2n) is 15.6. The van der Waals surface area contributed by atoms with Crippen LogP contribution in [0.1, 0.15) is 102 Å². The highest BCUT2D eigenvalue weighted by atomic mass is 32.1. The van der Waals surface area contributed by atoms with E-state index in [1.165, 1.54) is 0 Å². The van der Waals surface area contributed by atoms with Crippen LogP contribution in [0, 0.1) is 17.8 Å². The van der Waals surface area contributed by atoms with Crippen LogP contribution >= 0.6 is 11.3 Å². The molecule has 6 fully saturated rings. The zero-order chi connectivity index (χ0) is 30.5. The zero-order valence-electron chi connectivity index (χ0n) is 26.1. The molecule has 9 heteroatoms. The number of carbonyl (C=O) groups is 1. The van der Waals surface area contributed by atoms with Crippen molar-refractivity contribution < 1.29 is 13.7 Å². The average molecular weight is 614 g/mol. The number of pyridine rings is 1. The molecule has 10 rings (SSSR count). The van der Waals surface area contributed by atoms with Gasteiger partial charge in [-0.3, -0.25) is 4.79 Å². The number of carbonyl (C=O) groups excluding carboxylic acids is 1. The van der Waals surface area contributed by atoms with E-state index >= 15 is 0 Å². The molecule has 0 unspecified atom stereocenters. The fraction of sp³-hybridized carbons (Fsp3) is 0.571. The standard InChI is InChI=1S/C35H40FN5O2S/c1-22-38-28-26(44-22)15-24(17-37-28)23-6-5-7-25(14-23)41(27(42)16-33-18-35(36,19-33)20-33)21-32-8-11-34(12-9-32,13-10-32)30-39-29(40-43-30)31(2,3)4/h5-7,14-15,17H,8-13,16,18-21H2,1-4H3. The Morgan fingerprint density at radius 3 is 2.39 bits per heavy atom. The van der Waals surface area contributed by atoms with Gasteiger partial charge in [0.2, 0.25) is 11.8 Å². The van der Waals surface area contributed by atoms with Crippen molar-refractivity contribution in [3.63, 3.8) is 0 Å². The number of rotatable bonds is 7. The number of anilines is 1. The molecule has 4 bridgehead atoms. The molecule has 6 aliphatic carbocycles. The third-order valence-electron chi connectivity index (χ3n) is 11.2. The highest BCUT2D eigenvalue weighted by Crippen LogP contribution is 2.71. The van der Waals surface area contributed by atoms with Crippen LogP contribution in [0.2, 0.25) is 0 Å². The SMILES string of the molecule is Cc1nc2ncc(-c3cccc(N(CC45CCC(c6nc(C(C)(C)C)no6)(CC4)CC5)C(=O)CC45CC(F)(C4)C5)c3)cc2s1. The van der Waals surface area contributed by atoms with Crippen molar-refractivity contribution in [1.29, 1.82) is 0 Å². The maximum Gasteiger partial charge on any atom is 0.232 e. The predicted octanol–water partition coefficient (Wildman–Crippen LogP) is 8.25. The van der Waals surface area contributed by atoms with Crippen LogP contribution in [0.4, 0.5) is 10.1 Å². The van der Waals surface area contributed by atoms with E-state index in [-0.39, 0.29) is 27.6 Å². The van der Waals surface area contributed by atoms with E-state index < -0.39 is 5.67 Å². The van der Waals surface area contributed by atoms with Gasteiger partial charge in [0.15, 0.2) is 11.5 Å². The van der Waals surface area contributed by atoms with Crippen molar-refractivity contribution in [3.8, 4) is 11.1 Å². The van der Waals surface area contributed by atoms with Gasteiger partial charge in [0.05, 0.1) is 9.71 Å². The predicted molar refractivity (Wildman–Crippen MR) is 169 cm³/mol. The molecule has 0 N–H and O–H groups in total. The van der Waals surface area contributed by atoms with Crippen molar-refractivity contribution in [2.24, 2.45) is 10.8 Å². The number of halogens is 1. The van der Waals surface area contributed by atoms with Crippen molar-refractivity contribution in [2.75, 3.05) is 11.4 Å². The first kappa shape index (κ1) is 28.3. The first-order chi connectivity index (χ1) is 20.9. The number of benzene rings is 1. The summed E-state index contributed by atoms with van der Waals surface area (Å²) in [6, 6.07) is 10.5. The van der Waals surface area contributed by atoms with Crippen LogP contribution < -0.4 is 4.90 Å². The van der Waals surface area contributed by atoms with Gasteiger partial charge in [0, 0.05) is 41.2 Å². The molecule has 0 atom stereocenters. The van der Waals surface area contributed by atoms with Gasteiger partial charge in [-0.25, -0.2) is 14.4 Å². The quantitative estimate of drug-likeness (QED) is 0.209. The van der Waals surface area contributed by atoms with Crippen LogP contribution in [0.3, 0.4) is 0 Å². The molecule has 3 heterocycles. The lowest BCUT2D eigenvalue weighted by Gasteiger charge is -2.66. The maximum absolute atomic E-state index is 14.4. The van der Waals surface area contributed by atoms with Crippen LogP contribution in [0.15, 0.2) is 41.1 Å². The second-order valence-corrected chi connectivity index (χ2v) is 16.9. The Morgan fingerprint density at radius 1 is 1.00 bits per heavy atom. The number of aryl methyl sites for hydroxylation is 1. The first-order valence-corrected chi connectivity index (χ1v) is 16.9. The summed E-state index contributed by atoms with van der Waals surface area (Å²) in [6.07, 6.45) is 9.96. The molecule has 44 heavy (non-hydrogen) atoms. The molecule has 1 amide bonds. The summed E-state index contributed by atoms with van der Waals surface area (Å²) in [4.78, 5) is 30.2. The summed E-state index contributed by atoms with van der Waals surface area (Å²) in [5.74, 6) is 1.69. The Morgan fingerprint density at radius 2 is 1.73 bits per heavy atom. The van der Waals surface area contributed by atoms with Crippen molar-refractivity contribution in [1.82, 2.24) is 20.1 Å². The summed E-state index contributed by atoms with van der Waals surface area (Å²) in [6.45, 7) is 9.02. The van der Waals surface area contributed by atoms with Gasteiger partial charge in [-0.15, -0.1) is 11.3 Å². The van der Waals surface area contributed by atoms with Crippen LogP contribution in [-0.2, 0) is 15.6 Å². The van der Waals surface area contributed by atoms with Gasteiger partial charge in [-0.2, -0.15) is 4.98 Å². The van der Waals surface area contributed by atoms with Crippen molar-refractivity contribution in [2.45, 2.75) is 108 Å². The Bertz CT molecular complexity index is 1740. The number of thiazole rings is 1. The third-order valence-corrected chi connectivity index (χ3v) is 12.1. The van der Waals surface area contributed by atoms with E-state index in [2.05, 4.69) is 60.2 Å². The molecule has 7 nitrogen and oxygen atoms in total. The highest BCUT2D eigenvalue weighted by molar-refractivity contribution is 7.18. The van der Waals surface area contributed by atoms with Gasteiger partial charge < -0.3 is 9.42 Å². The van der Waals surface area contributed by atoms with E-state index in [0.29, 0.717) is 32.2 Å². The minimum absolute atomic E-state index is 0.0433. The monoisotopic (exact) mass is 613 g/mol. The molecular weight excluding hydrogens is 573 g/mol. The van der Waals surface area contributed by atoms with E-state index in [4.69, 9.17) is 9.51 Å². The number of amides is 1. The van der Waals surface area contributed by atoms with Gasteiger partial charge >= 0.3 is 0 Å². The van der Waals surface area contributed by atoms with E-state index in [1.807, 2.05) is 24.1 Å². The molecular formula is C35H40FN5O2S. The molecule has 1 aromatic carbocycles. The topological polar surface area (TPSA) is 85.0 Å². The minimum atomic E-state index is -1.01. The molecule has 230 valence electrons. The number of nitrogens with zero attached hydrogens (tertiary/aromatic N) is 5. The molecule has 0 aliphatic heterocycles. The van der Waals surface area contributed by atoms with Gasteiger partial charge in [0.1, 0.15) is 5.67 Å². The Hall–Kier alpha value is -3.20. The number of fused-ring (bicyclic) bond motifs is 4. The first-order valence-electron chi connectivity index (χ1n) is 16.0. The van der Waals surface area contributed by atoms with E-state index in [0.717, 1.165) is 82.4 Å². The number of hydrogen-bond donors (Lipinski definition) is 0. The lowest BCUT2D eigenvalue weighted by molar-refractivity contribution is -0.215. The molecule has 6 saturated carbocycles. The van der Waals surface area contributed by atoms with Gasteiger partial charge in [0.25, 0.3) is 0 Å². The van der Waals surface area contributed by atoms with E-state index in [1.54, 1.807) is 11.3 Å².